The molecule has 3 amide bonds. The van der Waals surface area contributed by atoms with E-state index < -0.39 is 23.8 Å². The van der Waals surface area contributed by atoms with E-state index in [-0.39, 0.29) is 24.2 Å². The van der Waals surface area contributed by atoms with Crippen molar-refractivity contribution in [2.45, 2.75) is 31.3 Å². The highest BCUT2D eigenvalue weighted by Gasteiger charge is 2.39. The van der Waals surface area contributed by atoms with Crippen LogP contribution in [0.25, 0.3) is 0 Å². The van der Waals surface area contributed by atoms with Gasteiger partial charge in [-0.15, -0.1) is 0 Å². The maximum absolute atomic E-state index is 12.7. The fourth-order valence-electron chi connectivity index (χ4n) is 3.58. The molecular weight excluding hydrogens is 374 g/mol. The van der Waals surface area contributed by atoms with E-state index in [2.05, 4.69) is 16.0 Å². The van der Waals surface area contributed by atoms with E-state index in [9.17, 15) is 24.6 Å². The number of phenolic OH excluding ortho intramolecular Hbond substituents is 1. The van der Waals surface area contributed by atoms with Gasteiger partial charge in [-0.2, -0.15) is 0 Å². The molecule has 8 nitrogen and oxygen atoms in total. The summed E-state index contributed by atoms with van der Waals surface area (Å²) >= 11 is 0. The van der Waals surface area contributed by atoms with E-state index in [0.717, 1.165) is 12.8 Å². The molecule has 0 saturated heterocycles. The van der Waals surface area contributed by atoms with Crippen LogP contribution < -0.4 is 16.0 Å². The first-order chi connectivity index (χ1) is 13.9. The van der Waals surface area contributed by atoms with Crippen LogP contribution in [0, 0.1) is 5.92 Å². The fraction of sp³-hybridized carbons (Fsp3) is 0.286. The number of nitrogens with one attached hydrogen (secondary N) is 3. The number of hydrogen-bond donors (Lipinski definition) is 5. The second kappa shape index (κ2) is 7.46. The van der Waals surface area contributed by atoms with Crippen molar-refractivity contribution < 1.29 is 24.6 Å². The Morgan fingerprint density at radius 2 is 1.69 bits per heavy atom. The zero-order valence-corrected chi connectivity index (χ0v) is 15.5. The highest BCUT2D eigenvalue weighted by molar-refractivity contribution is 5.96. The second-order valence-corrected chi connectivity index (χ2v) is 7.39. The summed E-state index contributed by atoms with van der Waals surface area (Å²) in [4.78, 5) is 36.1. The summed E-state index contributed by atoms with van der Waals surface area (Å²) in [6.45, 7) is 0. The van der Waals surface area contributed by atoms with Crippen molar-refractivity contribution in [2.24, 2.45) is 5.92 Å². The molecule has 2 aliphatic carbocycles. The van der Waals surface area contributed by atoms with E-state index in [1.54, 1.807) is 36.4 Å². The monoisotopic (exact) mass is 395 g/mol. The lowest BCUT2D eigenvalue weighted by molar-refractivity contribution is -0.142. The number of fused-ring (bicyclic) bond motifs is 1. The summed E-state index contributed by atoms with van der Waals surface area (Å²) in [5, 5.41) is 27.8. The van der Waals surface area contributed by atoms with Crippen LogP contribution in [-0.2, 0) is 11.2 Å². The second-order valence-electron chi connectivity index (χ2n) is 7.39. The first-order valence-electron chi connectivity index (χ1n) is 9.44. The summed E-state index contributed by atoms with van der Waals surface area (Å²) < 4.78 is 0. The lowest BCUT2D eigenvalue weighted by Crippen LogP contribution is -2.34. The largest absolute Gasteiger partial charge is 0.508 e. The summed E-state index contributed by atoms with van der Waals surface area (Å²) in [5.74, 6) is -2.28. The first kappa shape index (κ1) is 18.8. The van der Waals surface area contributed by atoms with Crippen molar-refractivity contribution in [1.29, 1.82) is 0 Å². The van der Waals surface area contributed by atoms with Gasteiger partial charge in [0.05, 0.1) is 12.0 Å². The van der Waals surface area contributed by atoms with Gasteiger partial charge in [-0.05, 0) is 55.2 Å². The zero-order valence-electron chi connectivity index (χ0n) is 15.5. The zero-order chi connectivity index (χ0) is 20.5. The number of carbonyl (C=O) groups excluding carboxylic acids is 2. The Hall–Kier alpha value is -3.55. The van der Waals surface area contributed by atoms with Crippen LogP contribution in [0.3, 0.4) is 0 Å². The Kier molecular flexibility index (Phi) is 4.84. The van der Waals surface area contributed by atoms with Gasteiger partial charge < -0.3 is 26.2 Å². The lowest BCUT2D eigenvalue weighted by atomic mass is 10.00. The Morgan fingerprint density at radius 1 is 0.966 bits per heavy atom. The molecule has 0 aromatic heterocycles. The average molecular weight is 395 g/mol. The fourth-order valence-corrected chi connectivity index (χ4v) is 3.58. The quantitative estimate of drug-likeness (QED) is 0.531. The predicted octanol–water partition coefficient (Wildman–Crippen LogP) is 2.40. The van der Waals surface area contributed by atoms with Gasteiger partial charge in [0.2, 0.25) is 0 Å². The van der Waals surface area contributed by atoms with Gasteiger partial charge in [0, 0.05) is 22.9 Å². The van der Waals surface area contributed by atoms with Crippen molar-refractivity contribution >= 4 is 23.6 Å². The highest BCUT2D eigenvalue weighted by Crippen LogP contribution is 2.40. The lowest BCUT2D eigenvalue weighted by Gasteiger charge is -2.19. The van der Waals surface area contributed by atoms with Gasteiger partial charge >= 0.3 is 12.0 Å². The summed E-state index contributed by atoms with van der Waals surface area (Å²) in [6.07, 6.45) is 2.14. The molecule has 2 atom stereocenters. The minimum atomic E-state index is -1.04. The van der Waals surface area contributed by atoms with Gasteiger partial charge in [0.15, 0.2) is 0 Å². The smallest absolute Gasteiger partial charge is 0.319 e. The molecule has 29 heavy (non-hydrogen) atoms. The number of urea groups is 1. The van der Waals surface area contributed by atoms with Gasteiger partial charge in [0.25, 0.3) is 5.91 Å². The van der Waals surface area contributed by atoms with Crippen LogP contribution in [-0.4, -0.2) is 34.2 Å². The third kappa shape index (κ3) is 4.01. The van der Waals surface area contributed by atoms with Crippen LogP contribution in [0.5, 0.6) is 5.75 Å². The van der Waals surface area contributed by atoms with Crippen LogP contribution in [0.4, 0.5) is 10.5 Å². The Balaban J connectivity index is 1.46. The highest BCUT2D eigenvalue weighted by atomic mass is 16.4. The number of amides is 3. The number of aliphatic carboxylic acids is 1. The SMILES string of the molecule is O=C(Nc1ccc(C(=O)N[C@H]2c3cccc(O)c3C[C@@H]2C(=O)O)cc1)NC1CC1. The van der Waals surface area contributed by atoms with Crippen LogP contribution >= 0.6 is 0 Å². The van der Waals surface area contributed by atoms with Crippen molar-refractivity contribution in [1.82, 2.24) is 10.6 Å². The van der Waals surface area contributed by atoms with Crippen LogP contribution in [0.1, 0.15) is 40.4 Å². The van der Waals surface area contributed by atoms with E-state index in [1.807, 2.05) is 0 Å². The van der Waals surface area contributed by atoms with Crippen molar-refractivity contribution in [3.8, 4) is 5.75 Å². The molecule has 2 aromatic rings. The normalized spacial score (nSPS) is 19.9. The van der Waals surface area contributed by atoms with Crippen LogP contribution in [0.2, 0.25) is 0 Å². The number of carboxylic acid groups (broad SMARTS) is 1. The maximum Gasteiger partial charge on any atom is 0.319 e. The molecule has 0 unspecified atom stereocenters. The molecular formula is C21H21N3O5. The molecule has 2 aliphatic rings. The van der Waals surface area contributed by atoms with Crippen molar-refractivity contribution in [3.05, 3.63) is 59.2 Å². The number of hydrogen-bond acceptors (Lipinski definition) is 4. The number of carbonyl (C=O) groups is 3. The summed E-state index contributed by atoms with van der Waals surface area (Å²) in [6, 6.07) is 10.4. The number of benzene rings is 2. The van der Waals surface area contributed by atoms with E-state index in [0.29, 0.717) is 22.4 Å². The number of anilines is 1. The first-order valence-corrected chi connectivity index (χ1v) is 9.44. The van der Waals surface area contributed by atoms with Gasteiger partial charge in [0.1, 0.15) is 5.75 Å². The van der Waals surface area contributed by atoms with Crippen molar-refractivity contribution in [3.63, 3.8) is 0 Å². The van der Waals surface area contributed by atoms with Crippen LogP contribution in [0.15, 0.2) is 42.5 Å². The average Bonchev–Trinajstić information content (AvgIpc) is 3.41. The molecule has 0 bridgehead atoms. The van der Waals surface area contributed by atoms with E-state index in [1.165, 1.54) is 6.07 Å². The molecule has 5 N–H and O–H groups in total. The molecule has 1 saturated carbocycles. The maximum atomic E-state index is 12.7. The molecule has 0 spiro atoms. The van der Waals surface area contributed by atoms with Crippen molar-refractivity contribution in [2.75, 3.05) is 5.32 Å². The third-order valence-electron chi connectivity index (χ3n) is 5.27. The third-order valence-corrected chi connectivity index (χ3v) is 5.27. The van der Waals surface area contributed by atoms with Gasteiger partial charge in [-0.1, -0.05) is 12.1 Å². The Labute approximate surface area is 166 Å². The van der Waals surface area contributed by atoms with E-state index >= 15 is 0 Å². The Morgan fingerprint density at radius 3 is 2.34 bits per heavy atom. The molecule has 4 rings (SSSR count). The van der Waals surface area contributed by atoms with E-state index in [4.69, 9.17) is 0 Å². The number of aromatic hydroxyl groups is 1. The van der Waals surface area contributed by atoms with Gasteiger partial charge in [-0.25, -0.2) is 4.79 Å². The van der Waals surface area contributed by atoms with Gasteiger partial charge in [-0.3, -0.25) is 9.59 Å². The molecule has 0 radical (unpaired) electrons. The summed E-state index contributed by atoms with van der Waals surface area (Å²) in [5.41, 5.74) is 2.06. The minimum Gasteiger partial charge on any atom is -0.508 e. The standard InChI is InChI=1S/C21H21N3O5/c25-17-3-1-2-14-15(17)10-16(20(27)28)18(14)24-19(26)11-4-6-12(7-5-11)22-21(29)23-13-8-9-13/h1-7,13,16,18,25H,8-10H2,(H,24,26)(H,27,28)(H2,22,23,29)/t16-,18-/m0/s1. The minimum absolute atomic E-state index is 0.0328. The topological polar surface area (TPSA) is 128 Å². The molecule has 0 aliphatic heterocycles. The molecule has 150 valence electrons. The molecule has 1 fully saturated rings. The number of phenols is 1. The Bertz CT molecular complexity index is 969. The molecule has 8 heteroatoms. The number of rotatable bonds is 5. The molecule has 0 heterocycles. The molecule has 2 aromatic carbocycles. The summed E-state index contributed by atoms with van der Waals surface area (Å²) in [7, 11) is 0. The predicted molar refractivity (Wildman–Crippen MR) is 105 cm³/mol. The number of carboxylic acids is 1.